The third-order valence-electron chi connectivity index (χ3n) is 6.00. The fourth-order valence-corrected chi connectivity index (χ4v) is 8.88. The van der Waals surface area contributed by atoms with Gasteiger partial charge in [0.25, 0.3) is 11.8 Å². The van der Waals surface area contributed by atoms with Gasteiger partial charge in [0.15, 0.2) is 10.8 Å². The number of nitrogens with one attached hydrogen (secondary N) is 1. The van der Waals surface area contributed by atoms with Crippen molar-refractivity contribution in [3.8, 4) is 0 Å². The van der Waals surface area contributed by atoms with Crippen molar-refractivity contribution in [2.45, 2.75) is 16.7 Å². The molecule has 0 spiro atoms. The third-order valence-corrected chi connectivity index (χ3v) is 10.6. The maximum absolute atomic E-state index is 13.0. The number of aliphatic carboxylic acids is 1. The number of amidine groups is 1. The average molecular weight is 571 g/mol. The molecular formula is C20H24N7O5S4+. The highest BCUT2D eigenvalue weighted by Gasteiger charge is 2.55. The first-order chi connectivity index (χ1) is 17.3. The Bertz CT molecular complexity index is 1210. The summed E-state index contributed by atoms with van der Waals surface area (Å²) >= 11 is 5.96. The van der Waals surface area contributed by atoms with Gasteiger partial charge in [-0.25, -0.2) is 9.78 Å². The summed E-state index contributed by atoms with van der Waals surface area (Å²) in [4.78, 5) is 51.1. The van der Waals surface area contributed by atoms with Gasteiger partial charge < -0.3 is 21.0 Å². The summed E-state index contributed by atoms with van der Waals surface area (Å²) in [6, 6.07) is -0.882. The van der Waals surface area contributed by atoms with Crippen LogP contribution in [0.2, 0.25) is 0 Å². The zero-order valence-corrected chi connectivity index (χ0v) is 22.6. The molecule has 192 valence electrons. The predicted molar refractivity (Wildman–Crippen MR) is 141 cm³/mol. The molecular weight excluding hydrogens is 547 g/mol. The van der Waals surface area contributed by atoms with Crippen LogP contribution in [0.15, 0.2) is 21.1 Å². The van der Waals surface area contributed by atoms with Crippen LogP contribution in [-0.4, -0.2) is 115 Å². The number of amides is 2. The summed E-state index contributed by atoms with van der Waals surface area (Å²) in [6.45, 7) is 2.72. The van der Waals surface area contributed by atoms with E-state index in [0.717, 1.165) is 36.7 Å². The monoisotopic (exact) mass is 570 g/mol. The molecule has 1 aromatic heterocycles. The van der Waals surface area contributed by atoms with Gasteiger partial charge in [0, 0.05) is 21.8 Å². The summed E-state index contributed by atoms with van der Waals surface area (Å²) in [6.07, 6.45) is 0. The number of carboxylic acids is 1. The van der Waals surface area contributed by atoms with Crippen LogP contribution in [0.3, 0.4) is 0 Å². The van der Waals surface area contributed by atoms with E-state index < -0.39 is 29.2 Å². The highest BCUT2D eigenvalue weighted by atomic mass is 32.2. The van der Waals surface area contributed by atoms with Gasteiger partial charge in [-0.1, -0.05) is 5.16 Å². The van der Waals surface area contributed by atoms with Crippen LogP contribution in [0.1, 0.15) is 5.69 Å². The molecule has 3 fully saturated rings. The van der Waals surface area contributed by atoms with Crippen LogP contribution >= 0.6 is 46.6 Å². The van der Waals surface area contributed by atoms with Crippen LogP contribution in [-0.2, 0) is 19.2 Å². The molecule has 0 radical (unpaired) electrons. The second kappa shape index (κ2) is 10.1. The lowest BCUT2D eigenvalue weighted by Crippen LogP contribution is -2.71. The normalized spacial score (nSPS) is 26.0. The second-order valence-electron chi connectivity index (χ2n) is 8.33. The Hall–Kier alpha value is -2.43. The van der Waals surface area contributed by atoms with Crippen LogP contribution in [0.4, 0.5) is 5.13 Å². The van der Waals surface area contributed by atoms with Crippen LogP contribution in [0, 0.1) is 0 Å². The second-order valence-corrected chi connectivity index (χ2v) is 12.8. The van der Waals surface area contributed by atoms with E-state index in [9.17, 15) is 19.5 Å². The number of rotatable bonds is 7. The Morgan fingerprint density at radius 3 is 2.81 bits per heavy atom. The Morgan fingerprint density at radius 2 is 2.19 bits per heavy atom. The molecule has 0 saturated carbocycles. The van der Waals surface area contributed by atoms with Gasteiger partial charge in [0.2, 0.25) is 0 Å². The highest BCUT2D eigenvalue weighted by Crippen LogP contribution is 2.45. The van der Waals surface area contributed by atoms with Gasteiger partial charge in [-0.05, 0) is 11.8 Å². The van der Waals surface area contributed by atoms with Crippen LogP contribution < -0.4 is 11.1 Å². The minimum atomic E-state index is -1.14. The quantitative estimate of drug-likeness (QED) is 0.175. The van der Waals surface area contributed by atoms with E-state index in [1.54, 1.807) is 5.38 Å². The molecule has 36 heavy (non-hydrogen) atoms. The molecule has 2 amide bonds. The molecule has 12 nitrogen and oxygen atoms in total. The number of thiazole rings is 1. The summed E-state index contributed by atoms with van der Waals surface area (Å²) in [7, 11) is 3.38. The predicted octanol–water partition coefficient (Wildman–Crippen LogP) is -0.0656. The first kappa shape index (κ1) is 25.2. The topological polar surface area (TPSA) is 153 Å². The third kappa shape index (κ3) is 4.54. The van der Waals surface area contributed by atoms with Crippen LogP contribution in [0.5, 0.6) is 0 Å². The number of carbonyl (C=O) groups is 3. The lowest BCUT2D eigenvalue weighted by molar-refractivity contribution is -0.580. The van der Waals surface area contributed by atoms with Gasteiger partial charge >= 0.3 is 11.1 Å². The number of nitrogens with two attached hydrogens (primary N) is 1. The lowest BCUT2D eigenvalue weighted by atomic mass is 10.0. The summed E-state index contributed by atoms with van der Waals surface area (Å²) in [5, 5.41) is 19.2. The van der Waals surface area contributed by atoms with E-state index >= 15 is 0 Å². The molecule has 4 aliphatic rings. The first-order valence-corrected chi connectivity index (χ1v) is 14.7. The molecule has 3 saturated heterocycles. The van der Waals surface area contributed by atoms with Gasteiger partial charge in [0.1, 0.15) is 43.0 Å². The minimum Gasteiger partial charge on any atom is -0.477 e. The van der Waals surface area contributed by atoms with E-state index in [0.29, 0.717) is 10.7 Å². The summed E-state index contributed by atoms with van der Waals surface area (Å²) in [5.41, 5.74) is 5.79. The molecule has 1 aromatic rings. The molecule has 2 atom stereocenters. The fraction of sp³-hybridized carbons (Fsp3) is 0.500. The van der Waals surface area contributed by atoms with Crippen molar-refractivity contribution >= 4 is 80.4 Å². The maximum Gasteiger partial charge on any atom is 0.353 e. The Balaban J connectivity index is 1.27. The Morgan fingerprint density at radius 1 is 1.42 bits per heavy atom. The zero-order chi connectivity index (χ0) is 25.6. The number of carboxylic acid groups (broad SMARTS) is 1. The van der Waals surface area contributed by atoms with Crippen molar-refractivity contribution in [3.63, 3.8) is 0 Å². The number of oxime groups is 1. The first-order valence-electron chi connectivity index (χ1n) is 11.0. The molecule has 4 N–H and O–H groups in total. The van der Waals surface area contributed by atoms with E-state index in [1.165, 1.54) is 40.7 Å². The van der Waals surface area contributed by atoms with Crippen molar-refractivity contribution < 1.29 is 28.9 Å². The van der Waals surface area contributed by atoms with Crippen molar-refractivity contribution in [1.29, 1.82) is 0 Å². The lowest BCUT2D eigenvalue weighted by Gasteiger charge is -2.49. The fourth-order valence-electron chi connectivity index (χ4n) is 4.27. The molecule has 4 aliphatic heterocycles. The van der Waals surface area contributed by atoms with Gasteiger partial charge in [0.05, 0.1) is 18.8 Å². The van der Waals surface area contributed by atoms with Crippen molar-refractivity contribution in [1.82, 2.24) is 20.1 Å². The van der Waals surface area contributed by atoms with Crippen molar-refractivity contribution in [2.24, 2.45) is 5.16 Å². The smallest absolute Gasteiger partial charge is 0.353 e. The standard InChI is InChI=1S/C20H23N7O5S4/c1-25-3-4-33-20(25)26-5-9(6-26)36-11-8-34-17-13(16(29)27(17)14(11)18(30)31)23-15(28)12(24-32-2)10-7-35-19(21)22-10/h7,9,13,17H,3-6,8H2,1-2H3,(H3-,21,22,23,28,30,31)/p+1/b24-12-/t13-,17-/m1/s1. The molecule has 5 heterocycles. The van der Waals surface area contributed by atoms with Gasteiger partial charge in [-0.3, -0.25) is 24.0 Å². The van der Waals surface area contributed by atoms with Crippen molar-refractivity contribution in [2.75, 3.05) is 51.0 Å². The van der Waals surface area contributed by atoms with E-state index in [1.807, 2.05) is 11.8 Å². The minimum absolute atomic E-state index is 0.00997. The zero-order valence-electron chi connectivity index (χ0n) is 19.4. The molecule has 5 rings (SSSR count). The van der Waals surface area contributed by atoms with Gasteiger partial charge in [-0.2, -0.15) is 0 Å². The molecule has 0 bridgehead atoms. The molecule has 16 heteroatoms. The number of β-lactam (4-membered cyclic amide) rings is 1. The van der Waals surface area contributed by atoms with Gasteiger partial charge in [-0.15, -0.1) is 34.9 Å². The van der Waals surface area contributed by atoms with Crippen LogP contribution in [0.25, 0.3) is 0 Å². The molecule has 0 unspecified atom stereocenters. The number of anilines is 1. The number of aromatic nitrogens is 1. The number of hydrogen-bond acceptors (Lipinski definition) is 11. The Kier molecular flexibility index (Phi) is 7.11. The maximum atomic E-state index is 13.0. The van der Waals surface area contributed by atoms with Crippen molar-refractivity contribution in [3.05, 3.63) is 21.7 Å². The SMILES string of the molecule is CO/N=C(\C(=O)N[C@@H]1C(=O)N2C(C(=O)O)=C(SC3C[N+](=C4SCCN4C)C3)CS[C@H]12)c1csc(N)n1. The Labute approximate surface area is 223 Å². The number of hydrogen-bond donors (Lipinski definition) is 3. The number of nitrogens with zero attached hydrogens (tertiary/aromatic N) is 5. The molecule has 0 aliphatic carbocycles. The number of nitrogen functional groups attached to an aromatic ring is 1. The molecule has 0 aromatic carbocycles. The number of fused-ring (bicyclic) bond motifs is 1. The van der Waals surface area contributed by atoms with E-state index in [4.69, 9.17) is 10.6 Å². The average Bonchev–Trinajstić information content (AvgIpc) is 3.44. The van der Waals surface area contributed by atoms with E-state index in [-0.39, 0.29) is 27.5 Å². The summed E-state index contributed by atoms with van der Waals surface area (Å²) in [5.74, 6) is -0.727. The number of carbonyl (C=O) groups excluding carboxylic acids is 2. The summed E-state index contributed by atoms with van der Waals surface area (Å²) < 4.78 is 2.31. The van der Waals surface area contributed by atoms with E-state index in [2.05, 4.69) is 32.0 Å². The number of thioether (sulfide) groups is 3. The largest absolute Gasteiger partial charge is 0.477 e. The highest BCUT2D eigenvalue weighted by molar-refractivity contribution is 8.13.